The number of allylic oxidation sites excluding steroid dienone is 2. The summed E-state index contributed by atoms with van der Waals surface area (Å²) in [5.74, 6) is 0.547. The topological polar surface area (TPSA) is 63.1 Å². The zero-order chi connectivity index (χ0) is 34.3. The van der Waals surface area contributed by atoms with Gasteiger partial charge in [-0.25, -0.2) is 0 Å². The standard InChI is InChI=1S/C31H23N2.C13H24O2.Ir/c1-17-13-18(2)20-9-10-21-22-11-12-32-29-25-15-19-7-5-6-8-27(19)33-30(25)31(3,4)26(28(22)29)16-24(21)23(20)14-17;1-5-10(6-2)12(14)9-13(15)11(7-3)8-4;/h5-14,16H,1-4H3;9-11,14H,5-8H2,1-4H3;/q-1;;/b;12-9-;. The Bertz CT molecular complexity index is 2230. The van der Waals surface area contributed by atoms with E-state index in [4.69, 9.17) is 9.97 Å². The Kier molecular flexibility index (Phi) is 10.8. The fourth-order valence-electron chi connectivity index (χ4n) is 7.65. The molecule has 1 radical (unpaired) electrons. The predicted molar refractivity (Wildman–Crippen MR) is 202 cm³/mol. The second-order valence-corrected chi connectivity index (χ2v) is 13.9. The van der Waals surface area contributed by atoms with Crippen molar-refractivity contribution in [1.82, 2.24) is 9.97 Å². The van der Waals surface area contributed by atoms with E-state index in [1.54, 1.807) is 0 Å². The van der Waals surface area contributed by atoms with Crippen molar-refractivity contribution in [3.63, 3.8) is 0 Å². The van der Waals surface area contributed by atoms with Gasteiger partial charge in [0.2, 0.25) is 0 Å². The molecule has 49 heavy (non-hydrogen) atoms. The van der Waals surface area contributed by atoms with Crippen molar-refractivity contribution in [3.8, 4) is 11.3 Å². The van der Waals surface area contributed by atoms with Crippen LogP contribution in [0.3, 0.4) is 0 Å². The minimum absolute atomic E-state index is 0. The third-order valence-corrected chi connectivity index (χ3v) is 10.5. The molecular formula is C44H47IrN2O2-. The summed E-state index contributed by atoms with van der Waals surface area (Å²) in [7, 11) is 0. The van der Waals surface area contributed by atoms with E-state index in [-0.39, 0.29) is 48.9 Å². The molecule has 4 nitrogen and oxygen atoms in total. The first-order chi connectivity index (χ1) is 23.0. The van der Waals surface area contributed by atoms with Crippen LogP contribution in [0.1, 0.15) is 89.6 Å². The fourth-order valence-corrected chi connectivity index (χ4v) is 7.65. The number of aromatic nitrogens is 2. The van der Waals surface area contributed by atoms with Gasteiger partial charge in [0.15, 0.2) is 5.78 Å². The van der Waals surface area contributed by atoms with Gasteiger partial charge in [-0.3, -0.25) is 9.78 Å². The van der Waals surface area contributed by atoms with E-state index in [9.17, 15) is 9.90 Å². The quantitative estimate of drug-likeness (QED) is 0.0754. The largest absolute Gasteiger partial charge is 0.512 e. The number of carbonyl (C=O) groups excluding carboxylic acids is 1. The van der Waals surface area contributed by atoms with E-state index in [1.165, 1.54) is 55.1 Å². The van der Waals surface area contributed by atoms with Crippen LogP contribution in [0.2, 0.25) is 0 Å². The molecule has 255 valence electrons. The molecule has 1 N–H and O–H groups in total. The van der Waals surface area contributed by atoms with E-state index < -0.39 is 0 Å². The first-order valence-corrected chi connectivity index (χ1v) is 17.6. The predicted octanol–water partition coefficient (Wildman–Crippen LogP) is 11.7. The van der Waals surface area contributed by atoms with E-state index >= 15 is 0 Å². The van der Waals surface area contributed by atoms with E-state index in [2.05, 4.69) is 82.3 Å². The zero-order valence-electron chi connectivity index (χ0n) is 30.0. The molecule has 0 unspecified atom stereocenters. The number of benzene rings is 4. The maximum atomic E-state index is 11.7. The molecule has 2 heterocycles. The summed E-state index contributed by atoms with van der Waals surface area (Å²) in [5, 5.41) is 18.5. The first kappa shape index (κ1) is 36.4. The molecule has 6 aromatic rings. The summed E-state index contributed by atoms with van der Waals surface area (Å²) < 4.78 is 0. The SMILES string of the molecule is CCC(CC)C(=O)/C=C(\O)C(CC)CC.Cc1cc(C)c2ccc3c4ccnc5c4c(cc3c2c1)C(C)(C)c1nc2ccccc2[c-]c1-5.[Ir]. The number of ketones is 1. The Balaban J connectivity index is 0.000000252. The van der Waals surface area contributed by atoms with Gasteiger partial charge >= 0.3 is 0 Å². The number of aliphatic hydroxyl groups is 1. The molecule has 0 spiro atoms. The van der Waals surface area contributed by atoms with Crippen LogP contribution in [0.4, 0.5) is 0 Å². The van der Waals surface area contributed by atoms with Gasteiger partial charge in [-0.15, -0.1) is 12.1 Å². The zero-order valence-corrected chi connectivity index (χ0v) is 32.4. The van der Waals surface area contributed by atoms with Crippen molar-refractivity contribution in [2.75, 3.05) is 0 Å². The molecule has 1 aliphatic rings. The monoisotopic (exact) mass is 828 g/mol. The van der Waals surface area contributed by atoms with Crippen LogP contribution in [0, 0.1) is 31.7 Å². The summed E-state index contributed by atoms with van der Waals surface area (Å²) >= 11 is 0. The number of hydrogen-bond acceptors (Lipinski definition) is 4. The number of rotatable bonds is 7. The number of nitrogens with zero attached hydrogens (tertiary/aromatic N) is 2. The average molecular weight is 828 g/mol. The number of pyridine rings is 2. The van der Waals surface area contributed by atoms with Gasteiger partial charge in [0.25, 0.3) is 0 Å². The fraction of sp³-hybridized carbons (Fsp3) is 0.341. The van der Waals surface area contributed by atoms with Gasteiger partial charge in [0.05, 0.1) is 5.76 Å². The molecule has 0 aliphatic heterocycles. The van der Waals surface area contributed by atoms with E-state index in [0.29, 0.717) is 0 Å². The molecule has 0 bridgehead atoms. The van der Waals surface area contributed by atoms with Crippen LogP contribution in [0.5, 0.6) is 0 Å². The third-order valence-electron chi connectivity index (χ3n) is 10.5. The first-order valence-electron chi connectivity index (χ1n) is 17.6. The smallest absolute Gasteiger partial charge is 0.162 e. The molecular weight excluding hydrogens is 781 g/mol. The molecule has 0 atom stereocenters. The normalized spacial score (nSPS) is 13.5. The average Bonchev–Trinajstić information content (AvgIpc) is 3.07. The van der Waals surface area contributed by atoms with Crippen LogP contribution in [0.15, 0.2) is 78.7 Å². The van der Waals surface area contributed by atoms with Crippen LogP contribution in [-0.4, -0.2) is 20.9 Å². The minimum atomic E-state index is -0.265. The van der Waals surface area contributed by atoms with Crippen molar-refractivity contribution in [1.29, 1.82) is 0 Å². The molecule has 1 aliphatic carbocycles. The number of para-hydroxylation sites is 1. The Labute approximate surface area is 304 Å². The third kappa shape index (κ3) is 6.44. The maximum Gasteiger partial charge on any atom is 0.162 e. The van der Waals surface area contributed by atoms with Crippen molar-refractivity contribution in [2.24, 2.45) is 11.8 Å². The molecule has 5 heteroatoms. The second kappa shape index (κ2) is 14.5. The molecule has 4 aromatic carbocycles. The minimum Gasteiger partial charge on any atom is -0.512 e. The summed E-state index contributed by atoms with van der Waals surface area (Å²) in [6.07, 6.45) is 6.85. The molecule has 2 aromatic heterocycles. The van der Waals surface area contributed by atoms with Gasteiger partial charge in [0.1, 0.15) is 0 Å². The molecule has 0 amide bonds. The maximum absolute atomic E-state index is 11.7. The van der Waals surface area contributed by atoms with Gasteiger partial charge < -0.3 is 10.1 Å². The van der Waals surface area contributed by atoms with Crippen molar-refractivity contribution in [3.05, 3.63) is 107 Å². The molecule has 0 fully saturated rings. The van der Waals surface area contributed by atoms with Gasteiger partial charge in [-0.2, -0.15) is 0 Å². The van der Waals surface area contributed by atoms with Gasteiger partial charge in [0, 0.05) is 55.3 Å². The van der Waals surface area contributed by atoms with E-state index in [1.807, 2.05) is 46.0 Å². The number of aliphatic hydroxyl groups excluding tert-OH is 1. The van der Waals surface area contributed by atoms with Crippen LogP contribution in [0.25, 0.3) is 54.5 Å². The van der Waals surface area contributed by atoms with Gasteiger partial charge in [-0.1, -0.05) is 107 Å². The second-order valence-electron chi connectivity index (χ2n) is 13.9. The van der Waals surface area contributed by atoms with Crippen LogP contribution < -0.4 is 0 Å². The molecule has 0 saturated carbocycles. The summed E-state index contributed by atoms with van der Waals surface area (Å²) in [5.41, 5.74) is 7.72. The van der Waals surface area contributed by atoms with Crippen LogP contribution in [-0.2, 0) is 30.3 Å². The Morgan fingerprint density at radius 3 is 2.18 bits per heavy atom. The van der Waals surface area contributed by atoms with Crippen molar-refractivity contribution in [2.45, 2.75) is 86.5 Å². The number of hydrogen-bond donors (Lipinski definition) is 1. The Morgan fingerprint density at radius 2 is 1.49 bits per heavy atom. The Hall–Kier alpha value is -3.92. The van der Waals surface area contributed by atoms with Crippen LogP contribution >= 0.6 is 0 Å². The summed E-state index contributed by atoms with van der Waals surface area (Å²) in [4.78, 5) is 21.7. The molecule has 7 rings (SSSR count). The number of aryl methyl sites for hydroxylation is 2. The number of fused-ring (bicyclic) bond motifs is 7. The van der Waals surface area contributed by atoms with Gasteiger partial charge in [-0.05, 0) is 100 Å². The van der Waals surface area contributed by atoms with Crippen molar-refractivity contribution < 1.29 is 30.0 Å². The summed E-state index contributed by atoms with van der Waals surface area (Å²) in [6.45, 7) is 17.0. The Morgan fingerprint density at radius 1 is 0.837 bits per heavy atom. The number of carbonyl (C=O) groups is 1. The van der Waals surface area contributed by atoms with Crippen molar-refractivity contribution >= 4 is 49.0 Å². The summed E-state index contributed by atoms with van der Waals surface area (Å²) in [6, 6.07) is 25.7. The van der Waals surface area contributed by atoms with E-state index in [0.717, 1.165) is 53.5 Å². The molecule has 0 saturated heterocycles.